The van der Waals surface area contributed by atoms with Gasteiger partial charge in [0.1, 0.15) is 30.0 Å². The van der Waals surface area contributed by atoms with Crippen LogP contribution in [0.2, 0.25) is 0 Å². The second-order valence-electron chi connectivity index (χ2n) is 9.13. The molecule has 0 saturated carbocycles. The van der Waals surface area contributed by atoms with Gasteiger partial charge in [0, 0.05) is 11.8 Å². The number of aryl methyl sites for hydroxylation is 1. The molecule has 0 aliphatic carbocycles. The average molecular weight is 512 g/mol. The number of ether oxygens (including phenoxy) is 2. The lowest BCUT2D eigenvalue weighted by molar-refractivity contribution is -0.146. The van der Waals surface area contributed by atoms with Crippen LogP contribution in [0.4, 0.5) is 4.79 Å². The molecule has 1 rings (SSSR count). The molecule has 0 fully saturated rings. The van der Waals surface area contributed by atoms with Crippen LogP contribution >= 0.6 is 12.6 Å². The molecule has 3 amide bonds. The van der Waals surface area contributed by atoms with E-state index in [2.05, 4.69) is 28.0 Å². The standard InChI is InChI=1S/C24H37N3O7S/c1-8-15(3)27(22(31)17(13-35)26-23(32)34-24(4,5)6)20(21(30)25-12-19(29)33-7)16-9-10-18(28)14(2)11-16/h9-11,15,17,20,28,35H,8,12-13H2,1-7H3,(H,25,30)(H,26,32). The van der Waals surface area contributed by atoms with Crippen LogP contribution < -0.4 is 10.6 Å². The number of phenols is 1. The summed E-state index contributed by atoms with van der Waals surface area (Å²) in [7, 11) is 1.20. The number of phenolic OH excluding ortho intramolecular Hbond substituents is 1. The lowest BCUT2D eigenvalue weighted by Gasteiger charge is -2.38. The fraction of sp³-hybridized carbons (Fsp3) is 0.583. The number of rotatable bonds is 10. The first-order valence-corrected chi connectivity index (χ1v) is 12.0. The number of thiol groups is 1. The lowest BCUT2D eigenvalue weighted by Crippen LogP contribution is -2.56. The summed E-state index contributed by atoms with van der Waals surface area (Å²) in [5.41, 5.74) is 0.152. The summed E-state index contributed by atoms with van der Waals surface area (Å²) in [6, 6.07) is 1.87. The SMILES string of the molecule is CCC(C)N(C(=O)C(CS)NC(=O)OC(C)(C)C)C(C(=O)NCC(=O)OC)c1ccc(O)c(C)c1. The minimum Gasteiger partial charge on any atom is -0.508 e. The highest BCUT2D eigenvalue weighted by molar-refractivity contribution is 7.80. The van der Waals surface area contributed by atoms with Crippen molar-refractivity contribution in [2.45, 2.75) is 71.7 Å². The second-order valence-corrected chi connectivity index (χ2v) is 9.49. The summed E-state index contributed by atoms with van der Waals surface area (Å²) in [6.45, 7) is 10.00. The van der Waals surface area contributed by atoms with E-state index in [-0.39, 0.29) is 11.5 Å². The Bertz CT molecular complexity index is 917. The fourth-order valence-corrected chi connectivity index (χ4v) is 3.47. The maximum absolute atomic E-state index is 13.7. The van der Waals surface area contributed by atoms with E-state index >= 15 is 0 Å². The summed E-state index contributed by atoms with van der Waals surface area (Å²) >= 11 is 4.24. The van der Waals surface area contributed by atoms with Gasteiger partial charge in [-0.15, -0.1) is 0 Å². The Morgan fingerprint density at radius 3 is 2.31 bits per heavy atom. The molecule has 0 aromatic heterocycles. The Labute approximate surface area is 212 Å². The molecule has 10 nitrogen and oxygen atoms in total. The molecule has 0 heterocycles. The highest BCUT2D eigenvalue weighted by Gasteiger charge is 2.38. The summed E-state index contributed by atoms with van der Waals surface area (Å²) in [6.07, 6.45) is -0.295. The number of benzene rings is 1. The molecule has 11 heteroatoms. The molecule has 196 valence electrons. The van der Waals surface area contributed by atoms with Crippen LogP contribution in [-0.4, -0.2) is 71.0 Å². The number of methoxy groups -OCH3 is 1. The fourth-order valence-electron chi connectivity index (χ4n) is 3.23. The van der Waals surface area contributed by atoms with Crippen LogP contribution in [0.5, 0.6) is 5.75 Å². The molecule has 0 aliphatic heterocycles. The molecular formula is C24H37N3O7S. The van der Waals surface area contributed by atoms with E-state index in [4.69, 9.17) is 4.74 Å². The number of aromatic hydroxyl groups is 1. The van der Waals surface area contributed by atoms with Gasteiger partial charge in [0.05, 0.1) is 7.11 Å². The van der Waals surface area contributed by atoms with Crippen molar-refractivity contribution >= 4 is 36.5 Å². The number of carbonyl (C=O) groups is 4. The van der Waals surface area contributed by atoms with Crippen molar-refractivity contribution in [3.8, 4) is 5.75 Å². The number of nitrogens with one attached hydrogen (secondary N) is 2. The van der Waals surface area contributed by atoms with Crippen molar-refractivity contribution in [3.63, 3.8) is 0 Å². The van der Waals surface area contributed by atoms with Crippen LogP contribution in [0, 0.1) is 6.92 Å². The molecule has 3 unspecified atom stereocenters. The zero-order valence-corrected chi connectivity index (χ0v) is 22.3. The van der Waals surface area contributed by atoms with E-state index in [0.29, 0.717) is 17.5 Å². The van der Waals surface area contributed by atoms with Gasteiger partial charge in [0.2, 0.25) is 11.8 Å². The van der Waals surface area contributed by atoms with Gasteiger partial charge < -0.3 is 30.1 Å². The largest absolute Gasteiger partial charge is 0.508 e. The van der Waals surface area contributed by atoms with Crippen molar-refractivity contribution < 1.29 is 33.8 Å². The summed E-state index contributed by atoms with van der Waals surface area (Å²) in [5, 5.41) is 15.0. The lowest BCUT2D eigenvalue weighted by atomic mass is 9.98. The number of esters is 1. The number of hydrogen-bond donors (Lipinski definition) is 4. The quantitative estimate of drug-likeness (QED) is 0.280. The van der Waals surface area contributed by atoms with Gasteiger partial charge >= 0.3 is 12.1 Å². The second kappa shape index (κ2) is 13.2. The first kappa shape index (κ1) is 30.1. The zero-order chi connectivity index (χ0) is 26.9. The average Bonchev–Trinajstić information content (AvgIpc) is 2.78. The predicted molar refractivity (Wildman–Crippen MR) is 134 cm³/mol. The van der Waals surface area contributed by atoms with E-state index in [9.17, 15) is 24.3 Å². The Morgan fingerprint density at radius 1 is 1.20 bits per heavy atom. The minimum absolute atomic E-state index is 0.0312. The van der Waals surface area contributed by atoms with E-state index in [0.717, 1.165) is 0 Å². The van der Waals surface area contributed by atoms with E-state index in [1.54, 1.807) is 40.7 Å². The molecule has 3 N–H and O–H groups in total. The summed E-state index contributed by atoms with van der Waals surface area (Å²) < 4.78 is 9.87. The van der Waals surface area contributed by atoms with Gasteiger partial charge in [0.25, 0.3) is 0 Å². The van der Waals surface area contributed by atoms with Crippen LogP contribution in [0.1, 0.15) is 58.2 Å². The third kappa shape index (κ3) is 8.97. The number of amides is 3. The molecular weight excluding hydrogens is 474 g/mol. The number of nitrogens with zero attached hydrogens (tertiary/aromatic N) is 1. The molecule has 0 saturated heterocycles. The first-order chi connectivity index (χ1) is 16.2. The van der Waals surface area contributed by atoms with Gasteiger partial charge in [-0.2, -0.15) is 12.6 Å². The van der Waals surface area contributed by atoms with Gasteiger partial charge in [0.15, 0.2) is 0 Å². The van der Waals surface area contributed by atoms with Gasteiger partial charge in [-0.25, -0.2) is 4.79 Å². The Hall–Kier alpha value is -2.95. The van der Waals surface area contributed by atoms with Crippen LogP contribution in [0.25, 0.3) is 0 Å². The minimum atomic E-state index is -1.16. The van der Waals surface area contributed by atoms with Crippen molar-refractivity contribution in [1.29, 1.82) is 0 Å². The maximum Gasteiger partial charge on any atom is 0.408 e. The molecule has 1 aromatic rings. The number of hydrogen-bond acceptors (Lipinski definition) is 8. The van der Waals surface area contributed by atoms with Crippen molar-refractivity contribution in [1.82, 2.24) is 15.5 Å². The smallest absolute Gasteiger partial charge is 0.408 e. The number of carbonyl (C=O) groups excluding carboxylic acids is 4. The normalized spacial score (nSPS) is 13.7. The van der Waals surface area contributed by atoms with Crippen LogP contribution in [0.15, 0.2) is 18.2 Å². The van der Waals surface area contributed by atoms with E-state index in [1.807, 2.05) is 6.92 Å². The van der Waals surface area contributed by atoms with Crippen molar-refractivity contribution in [3.05, 3.63) is 29.3 Å². The first-order valence-electron chi connectivity index (χ1n) is 11.3. The molecule has 0 radical (unpaired) electrons. The van der Waals surface area contributed by atoms with Crippen molar-refractivity contribution in [2.75, 3.05) is 19.4 Å². The van der Waals surface area contributed by atoms with Gasteiger partial charge in [-0.3, -0.25) is 14.4 Å². The number of alkyl carbamates (subject to hydrolysis) is 1. The van der Waals surface area contributed by atoms with Gasteiger partial charge in [-0.05, 0) is 64.3 Å². The predicted octanol–water partition coefficient (Wildman–Crippen LogP) is 2.48. The van der Waals surface area contributed by atoms with E-state index in [1.165, 1.54) is 24.1 Å². The summed E-state index contributed by atoms with van der Waals surface area (Å²) in [5.74, 6) is -1.84. The third-order valence-corrected chi connectivity index (χ3v) is 5.55. The Balaban J connectivity index is 3.47. The zero-order valence-electron chi connectivity index (χ0n) is 21.4. The van der Waals surface area contributed by atoms with Crippen LogP contribution in [0.3, 0.4) is 0 Å². The van der Waals surface area contributed by atoms with Crippen LogP contribution in [-0.2, 0) is 23.9 Å². The monoisotopic (exact) mass is 511 g/mol. The molecule has 0 bridgehead atoms. The Morgan fingerprint density at radius 2 is 1.83 bits per heavy atom. The van der Waals surface area contributed by atoms with Crippen molar-refractivity contribution in [2.24, 2.45) is 0 Å². The Kier molecular flexibility index (Phi) is 11.4. The molecule has 0 aliphatic rings. The highest BCUT2D eigenvalue weighted by atomic mass is 32.1. The molecule has 35 heavy (non-hydrogen) atoms. The maximum atomic E-state index is 13.7. The molecule has 1 aromatic carbocycles. The van der Waals surface area contributed by atoms with E-state index < -0.39 is 54.1 Å². The molecule has 3 atom stereocenters. The third-order valence-electron chi connectivity index (χ3n) is 5.19. The summed E-state index contributed by atoms with van der Waals surface area (Å²) in [4.78, 5) is 52.4. The molecule has 0 spiro atoms. The van der Waals surface area contributed by atoms with Gasteiger partial charge in [-0.1, -0.05) is 13.0 Å². The topological polar surface area (TPSA) is 134 Å². The highest BCUT2D eigenvalue weighted by Crippen LogP contribution is 2.29.